The average Bonchev–Trinajstić information content (AvgIpc) is 2.76. The normalized spacial score (nSPS) is 10.1. The average molecular weight is 327 g/mol. The fraction of sp³-hybridized carbons (Fsp3) is 0. The van der Waals surface area contributed by atoms with Crippen LogP contribution in [-0.2, 0) is 0 Å². The number of amides is 1. The van der Waals surface area contributed by atoms with Gasteiger partial charge in [0.1, 0.15) is 0 Å². The number of hydrogen-bond donors (Lipinski definition) is 2. The van der Waals surface area contributed by atoms with E-state index in [0.717, 1.165) is 3.79 Å². The Kier molecular flexibility index (Phi) is 3.73. The van der Waals surface area contributed by atoms with E-state index in [2.05, 4.69) is 26.2 Å². The molecule has 0 atom stereocenters. The zero-order chi connectivity index (χ0) is 13.1. The number of aromatic carboxylic acids is 1. The number of aromatic nitrogens is 1. The molecule has 0 radical (unpaired) electrons. The van der Waals surface area contributed by atoms with Crippen molar-refractivity contribution in [3.05, 3.63) is 44.8 Å². The summed E-state index contributed by atoms with van der Waals surface area (Å²) < 4.78 is 0.831. The molecule has 0 aliphatic rings. The van der Waals surface area contributed by atoms with E-state index in [1.54, 1.807) is 18.2 Å². The maximum absolute atomic E-state index is 11.9. The molecule has 2 aromatic heterocycles. The number of hydrogen-bond acceptors (Lipinski definition) is 4. The Bertz CT molecular complexity index is 612. The van der Waals surface area contributed by atoms with Crippen molar-refractivity contribution in [3.8, 4) is 0 Å². The molecule has 1 amide bonds. The predicted molar refractivity (Wildman–Crippen MR) is 71.2 cm³/mol. The largest absolute Gasteiger partial charge is 0.476 e. The number of nitrogens with one attached hydrogen (secondary N) is 1. The van der Waals surface area contributed by atoms with Gasteiger partial charge in [0.05, 0.1) is 14.4 Å². The number of halogens is 1. The minimum absolute atomic E-state index is 0.179. The molecule has 2 heterocycles. The van der Waals surface area contributed by atoms with Gasteiger partial charge in [0.25, 0.3) is 5.91 Å². The maximum Gasteiger partial charge on any atom is 0.356 e. The van der Waals surface area contributed by atoms with Crippen molar-refractivity contribution in [1.29, 1.82) is 0 Å². The van der Waals surface area contributed by atoms with E-state index in [4.69, 9.17) is 5.11 Å². The Labute approximate surface area is 115 Å². The second-order valence-corrected chi connectivity index (χ2v) is 5.73. The molecule has 0 aliphatic heterocycles. The fourth-order valence-corrected chi connectivity index (χ4v) is 2.58. The van der Waals surface area contributed by atoms with Crippen LogP contribution in [0.3, 0.4) is 0 Å². The summed E-state index contributed by atoms with van der Waals surface area (Å²) in [6, 6.07) is 6.46. The molecule has 0 unspecified atom stereocenters. The van der Waals surface area contributed by atoms with Crippen molar-refractivity contribution in [1.82, 2.24) is 4.98 Å². The smallest absolute Gasteiger partial charge is 0.356 e. The van der Waals surface area contributed by atoms with E-state index in [0.29, 0.717) is 4.88 Å². The molecule has 2 rings (SSSR count). The third-order valence-electron chi connectivity index (χ3n) is 2.06. The van der Waals surface area contributed by atoms with Gasteiger partial charge in [0.2, 0.25) is 0 Å². The first-order valence-electron chi connectivity index (χ1n) is 4.83. The summed E-state index contributed by atoms with van der Waals surface area (Å²) in [5.74, 6) is -1.54. The molecule has 92 valence electrons. The van der Waals surface area contributed by atoms with Crippen LogP contribution >= 0.6 is 27.3 Å². The number of nitrogens with zero attached hydrogens (tertiary/aromatic N) is 1. The van der Waals surface area contributed by atoms with Crippen molar-refractivity contribution >= 4 is 44.8 Å². The van der Waals surface area contributed by atoms with E-state index in [1.807, 2.05) is 0 Å². The molecule has 0 saturated carbocycles. The van der Waals surface area contributed by atoms with E-state index < -0.39 is 5.97 Å². The Morgan fingerprint density at radius 3 is 2.72 bits per heavy atom. The van der Waals surface area contributed by atoms with Gasteiger partial charge in [-0.3, -0.25) is 4.79 Å². The number of carbonyl (C=O) groups excluding carboxylic acids is 1. The molecule has 18 heavy (non-hydrogen) atoms. The van der Waals surface area contributed by atoms with Crippen LogP contribution < -0.4 is 5.32 Å². The first-order chi connectivity index (χ1) is 8.58. The minimum atomic E-state index is -1.18. The zero-order valence-electron chi connectivity index (χ0n) is 8.88. The third kappa shape index (κ3) is 2.74. The lowest BCUT2D eigenvalue weighted by Crippen LogP contribution is -2.14. The summed E-state index contributed by atoms with van der Waals surface area (Å²) in [4.78, 5) is 27.0. The number of thiophene rings is 1. The van der Waals surface area contributed by atoms with Gasteiger partial charge >= 0.3 is 5.97 Å². The second kappa shape index (κ2) is 5.28. The van der Waals surface area contributed by atoms with Crippen molar-refractivity contribution < 1.29 is 14.7 Å². The van der Waals surface area contributed by atoms with Gasteiger partial charge in [-0.25, -0.2) is 9.78 Å². The molecular weight excluding hydrogens is 320 g/mol. The quantitative estimate of drug-likeness (QED) is 0.908. The summed E-state index contributed by atoms with van der Waals surface area (Å²) in [5.41, 5.74) is 0.000921. The van der Waals surface area contributed by atoms with Gasteiger partial charge in [-0.15, -0.1) is 11.3 Å². The zero-order valence-corrected chi connectivity index (χ0v) is 11.3. The van der Waals surface area contributed by atoms with Crippen LogP contribution in [0, 0.1) is 0 Å². The van der Waals surface area contributed by atoms with E-state index in [-0.39, 0.29) is 17.3 Å². The summed E-state index contributed by atoms with van der Waals surface area (Å²) in [5, 5.41) is 11.5. The van der Waals surface area contributed by atoms with Crippen molar-refractivity contribution in [3.63, 3.8) is 0 Å². The van der Waals surface area contributed by atoms with E-state index in [9.17, 15) is 9.59 Å². The van der Waals surface area contributed by atoms with Crippen LogP contribution in [0.5, 0.6) is 0 Å². The summed E-state index contributed by atoms with van der Waals surface area (Å²) in [6.45, 7) is 0. The number of rotatable bonds is 3. The molecule has 0 spiro atoms. The predicted octanol–water partition coefficient (Wildman–Crippen LogP) is 2.86. The Hall–Kier alpha value is -1.73. The highest BCUT2D eigenvalue weighted by atomic mass is 79.9. The van der Waals surface area contributed by atoms with Crippen LogP contribution in [0.25, 0.3) is 0 Å². The van der Waals surface area contributed by atoms with Crippen LogP contribution in [-0.4, -0.2) is 22.0 Å². The number of pyridine rings is 1. The lowest BCUT2D eigenvalue weighted by Gasteiger charge is -2.05. The molecule has 0 aliphatic carbocycles. The third-order valence-corrected chi connectivity index (χ3v) is 3.68. The number of carbonyl (C=O) groups is 2. The van der Waals surface area contributed by atoms with Crippen LogP contribution in [0.1, 0.15) is 20.2 Å². The van der Waals surface area contributed by atoms with Crippen LogP contribution in [0.4, 0.5) is 5.69 Å². The molecule has 2 aromatic rings. The fourth-order valence-electron chi connectivity index (χ4n) is 1.30. The van der Waals surface area contributed by atoms with Crippen molar-refractivity contribution in [2.75, 3.05) is 5.32 Å². The summed E-state index contributed by atoms with van der Waals surface area (Å²) in [7, 11) is 0. The summed E-state index contributed by atoms with van der Waals surface area (Å²) in [6.07, 6.45) is 1.36. The highest BCUT2D eigenvalue weighted by Crippen LogP contribution is 2.23. The number of carboxylic acids is 1. The molecule has 0 fully saturated rings. The molecule has 0 bridgehead atoms. The first-order valence-corrected chi connectivity index (χ1v) is 6.44. The van der Waals surface area contributed by atoms with E-state index in [1.165, 1.54) is 23.6 Å². The van der Waals surface area contributed by atoms with Gasteiger partial charge in [0, 0.05) is 6.20 Å². The Morgan fingerprint density at radius 1 is 1.33 bits per heavy atom. The SMILES string of the molecule is O=C(Nc1cccnc1C(=O)O)c1ccc(Br)s1. The van der Waals surface area contributed by atoms with Gasteiger partial charge in [0.15, 0.2) is 5.69 Å². The first kappa shape index (κ1) is 12.7. The Balaban J connectivity index is 2.24. The van der Waals surface area contributed by atoms with E-state index >= 15 is 0 Å². The molecule has 2 N–H and O–H groups in total. The van der Waals surface area contributed by atoms with Gasteiger partial charge in [-0.05, 0) is 40.2 Å². The lowest BCUT2D eigenvalue weighted by molar-refractivity contribution is 0.0692. The van der Waals surface area contributed by atoms with Crippen LogP contribution in [0.2, 0.25) is 0 Å². The van der Waals surface area contributed by atoms with Gasteiger partial charge < -0.3 is 10.4 Å². The molecule has 5 nitrogen and oxygen atoms in total. The Morgan fingerprint density at radius 2 is 2.11 bits per heavy atom. The number of carboxylic acid groups (broad SMARTS) is 1. The highest BCUT2D eigenvalue weighted by Gasteiger charge is 2.15. The standard InChI is InChI=1S/C11H7BrN2O3S/c12-8-4-3-7(18-8)10(15)14-6-2-1-5-13-9(6)11(16)17/h1-5H,(H,14,15)(H,16,17). The molecule has 0 aromatic carbocycles. The molecule has 0 saturated heterocycles. The number of anilines is 1. The summed E-state index contributed by atoms with van der Waals surface area (Å²) >= 11 is 4.52. The van der Waals surface area contributed by atoms with Crippen molar-refractivity contribution in [2.24, 2.45) is 0 Å². The molecule has 7 heteroatoms. The topological polar surface area (TPSA) is 79.3 Å². The second-order valence-electron chi connectivity index (χ2n) is 3.26. The monoisotopic (exact) mass is 326 g/mol. The van der Waals surface area contributed by atoms with Crippen molar-refractivity contribution in [2.45, 2.75) is 0 Å². The maximum atomic E-state index is 11.9. The van der Waals surface area contributed by atoms with Crippen LogP contribution in [0.15, 0.2) is 34.2 Å². The van der Waals surface area contributed by atoms with Gasteiger partial charge in [-0.2, -0.15) is 0 Å². The van der Waals surface area contributed by atoms with Gasteiger partial charge in [-0.1, -0.05) is 0 Å². The molecular formula is C11H7BrN2O3S. The minimum Gasteiger partial charge on any atom is -0.476 e. The lowest BCUT2D eigenvalue weighted by atomic mass is 10.3. The highest BCUT2D eigenvalue weighted by molar-refractivity contribution is 9.11.